The minimum Gasteiger partial charge on any atom is -0.462 e. The molecular weight excluding hydrogens is 432 g/mol. The molecule has 3 rings (SSSR count). The minimum absolute atomic E-state index is 0.0690. The second kappa shape index (κ2) is 9.39. The summed E-state index contributed by atoms with van der Waals surface area (Å²) in [4.78, 5) is 39.6. The summed E-state index contributed by atoms with van der Waals surface area (Å²) in [5.41, 5.74) is -0.436. The highest BCUT2D eigenvalue weighted by molar-refractivity contribution is 7.15. The number of esters is 1. The third kappa shape index (κ3) is 5.45. The van der Waals surface area contributed by atoms with Crippen molar-refractivity contribution in [3.8, 4) is 0 Å². The van der Waals surface area contributed by atoms with Crippen molar-refractivity contribution in [3.05, 3.63) is 85.9 Å². The van der Waals surface area contributed by atoms with Crippen LogP contribution in [0.5, 0.6) is 0 Å². The summed E-state index contributed by atoms with van der Waals surface area (Å²) in [5, 5.41) is 13.8. The molecule has 3 aromatic rings. The van der Waals surface area contributed by atoms with E-state index >= 15 is 0 Å². The van der Waals surface area contributed by atoms with Crippen molar-refractivity contribution >= 4 is 34.0 Å². The number of nitro groups is 1. The Bertz CT molecular complexity index is 1170. The van der Waals surface area contributed by atoms with E-state index < -0.39 is 34.1 Å². The maximum absolute atomic E-state index is 13.8. The van der Waals surface area contributed by atoms with Gasteiger partial charge in [0.15, 0.2) is 5.13 Å². The molecule has 8 nitrogen and oxygen atoms in total. The maximum atomic E-state index is 13.8. The Hall–Kier alpha value is -3.73. The number of halogens is 2. The fourth-order valence-electron chi connectivity index (χ4n) is 2.65. The van der Waals surface area contributed by atoms with Crippen LogP contribution >= 0.6 is 11.3 Å². The van der Waals surface area contributed by atoms with Gasteiger partial charge >= 0.3 is 5.97 Å². The molecule has 1 aromatic heterocycles. The molecule has 1 N–H and O–H groups in total. The Morgan fingerprint density at radius 3 is 2.61 bits per heavy atom. The van der Waals surface area contributed by atoms with E-state index in [9.17, 15) is 28.5 Å². The van der Waals surface area contributed by atoms with Crippen LogP contribution in [0.4, 0.5) is 19.6 Å². The summed E-state index contributed by atoms with van der Waals surface area (Å²) in [6.07, 6.45) is 1.57. The van der Waals surface area contributed by atoms with E-state index in [0.29, 0.717) is 4.88 Å². The van der Waals surface area contributed by atoms with Gasteiger partial charge in [0.2, 0.25) is 0 Å². The zero-order chi connectivity index (χ0) is 22.5. The average Bonchev–Trinajstić information content (AvgIpc) is 3.16. The lowest BCUT2D eigenvalue weighted by atomic mass is 10.1. The lowest BCUT2D eigenvalue weighted by Crippen LogP contribution is -2.14. The fourth-order valence-corrected chi connectivity index (χ4v) is 3.48. The van der Waals surface area contributed by atoms with Crippen molar-refractivity contribution in [2.75, 3.05) is 11.9 Å². The van der Waals surface area contributed by atoms with Gasteiger partial charge in [-0.1, -0.05) is 6.07 Å². The molecule has 31 heavy (non-hydrogen) atoms. The summed E-state index contributed by atoms with van der Waals surface area (Å²) in [5.74, 6) is -2.89. The number of nitro benzene ring substituents is 1. The van der Waals surface area contributed by atoms with Gasteiger partial charge in [0.05, 0.1) is 17.1 Å². The molecule has 0 aliphatic rings. The minimum atomic E-state index is -0.793. The molecule has 2 aromatic carbocycles. The Labute approximate surface area is 178 Å². The number of non-ortho nitro benzene ring substituents is 1. The molecule has 0 atom stereocenters. The molecule has 0 aliphatic carbocycles. The zero-order valence-electron chi connectivity index (χ0n) is 16.1. The number of thiazole rings is 1. The van der Waals surface area contributed by atoms with Crippen molar-refractivity contribution in [1.82, 2.24) is 4.98 Å². The van der Waals surface area contributed by atoms with E-state index in [0.717, 1.165) is 35.6 Å². The van der Waals surface area contributed by atoms with Crippen LogP contribution in [0.25, 0.3) is 0 Å². The highest BCUT2D eigenvalue weighted by Gasteiger charge is 2.19. The number of benzene rings is 2. The normalized spacial score (nSPS) is 10.5. The highest BCUT2D eigenvalue weighted by atomic mass is 32.1. The largest absolute Gasteiger partial charge is 0.462 e. The molecule has 0 unspecified atom stereocenters. The molecule has 0 spiro atoms. The van der Waals surface area contributed by atoms with Crippen LogP contribution in [0.2, 0.25) is 0 Å². The van der Waals surface area contributed by atoms with Gasteiger partial charge in [-0.2, -0.15) is 0 Å². The van der Waals surface area contributed by atoms with Gasteiger partial charge in [0.25, 0.3) is 11.6 Å². The smallest absolute Gasteiger partial charge is 0.338 e. The Morgan fingerprint density at radius 1 is 1.19 bits per heavy atom. The number of carbonyl (C=O) groups is 2. The number of amides is 1. The first-order chi connectivity index (χ1) is 14.8. The number of hydrogen-bond donors (Lipinski definition) is 1. The van der Waals surface area contributed by atoms with E-state index in [2.05, 4.69) is 10.3 Å². The van der Waals surface area contributed by atoms with Crippen molar-refractivity contribution < 1.29 is 28.0 Å². The fraction of sp³-hybridized carbons (Fsp3) is 0.150. The van der Waals surface area contributed by atoms with Gasteiger partial charge in [-0.25, -0.2) is 18.6 Å². The molecule has 11 heteroatoms. The molecule has 0 saturated heterocycles. The third-order valence-corrected chi connectivity index (χ3v) is 4.97. The topological polar surface area (TPSA) is 111 Å². The Balaban J connectivity index is 1.78. The molecule has 0 aliphatic heterocycles. The Kier molecular flexibility index (Phi) is 6.65. The van der Waals surface area contributed by atoms with Gasteiger partial charge in [-0.05, 0) is 24.6 Å². The summed E-state index contributed by atoms with van der Waals surface area (Å²) in [7, 11) is 0. The van der Waals surface area contributed by atoms with Crippen molar-refractivity contribution in [2.45, 2.75) is 13.3 Å². The predicted molar refractivity (Wildman–Crippen MR) is 108 cm³/mol. The van der Waals surface area contributed by atoms with Crippen LogP contribution in [0.3, 0.4) is 0 Å². The molecule has 0 bridgehead atoms. The van der Waals surface area contributed by atoms with Gasteiger partial charge in [0.1, 0.15) is 11.6 Å². The molecule has 1 amide bonds. The van der Waals surface area contributed by atoms with Crippen molar-refractivity contribution in [2.24, 2.45) is 0 Å². The second-order valence-electron chi connectivity index (χ2n) is 6.24. The maximum Gasteiger partial charge on any atom is 0.338 e. The monoisotopic (exact) mass is 447 g/mol. The van der Waals surface area contributed by atoms with E-state index in [1.54, 1.807) is 6.92 Å². The summed E-state index contributed by atoms with van der Waals surface area (Å²) >= 11 is 1.06. The first-order valence-corrected chi connectivity index (χ1v) is 9.75. The van der Waals surface area contributed by atoms with E-state index in [-0.39, 0.29) is 34.8 Å². The molecule has 160 valence electrons. The van der Waals surface area contributed by atoms with Gasteiger partial charge < -0.3 is 4.74 Å². The van der Waals surface area contributed by atoms with Crippen LogP contribution in [-0.2, 0) is 11.2 Å². The molecule has 1 heterocycles. The standard InChI is InChI=1S/C20H15F2N3O5S/c1-2-30-19(27)13-5-12(6-15(7-13)25(28)29)18(26)24-20-23-10-16(31-20)8-11-3-4-14(21)9-17(11)22/h3-7,9-10H,2,8H2,1H3,(H,23,24,26). The number of aromatic nitrogens is 1. The number of nitrogens with one attached hydrogen (secondary N) is 1. The van der Waals surface area contributed by atoms with Gasteiger partial charge in [0, 0.05) is 41.3 Å². The molecular formula is C20H15F2N3O5S. The summed E-state index contributed by atoms with van der Waals surface area (Å²) in [6.45, 7) is 1.65. The van der Waals surface area contributed by atoms with Crippen LogP contribution in [0.1, 0.15) is 38.1 Å². The third-order valence-electron chi connectivity index (χ3n) is 4.06. The Morgan fingerprint density at radius 2 is 1.94 bits per heavy atom. The lowest BCUT2D eigenvalue weighted by molar-refractivity contribution is -0.384. The van der Waals surface area contributed by atoms with E-state index in [1.165, 1.54) is 18.3 Å². The van der Waals surface area contributed by atoms with Gasteiger partial charge in [-0.15, -0.1) is 11.3 Å². The SMILES string of the molecule is CCOC(=O)c1cc(C(=O)Nc2ncc(Cc3ccc(F)cc3F)s2)cc([N+](=O)[O-])c1. The second-order valence-corrected chi connectivity index (χ2v) is 7.36. The summed E-state index contributed by atoms with van der Waals surface area (Å²) < 4.78 is 31.7. The van der Waals surface area contributed by atoms with E-state index in [4.69, 9.17) is 4.74 Å². The number of ether oxygens (including phenoxy) is 1. The number of carbonyl (C=O) groups excluding carboxylic acids is 2. The van der Waals surface area contributed by atoms with Crippen LogP contribution < -0.4 is 5.32 Å². The first kappa shape index (κ1) is 22.0. The molecule has 0 fully saturated rings. The van der Waals surface area contributed by atoms with Crippen molar-refractivity contribution in [1.29, 1.82) is 0 Å². The average molecular weight is 447 g/mol. The van der Waals surface area contributed by atoms with Crippen LogP contribution in [0, 0.1) is 21.7 Å². The molecule has 0 radical (unpaired) electrons. The molecule has 0 saturated carbocycles. The van der Waals surface area contributed by atoms with Crippen LogP contribution in [0.15, 0.2) is 42.6 Å². The summed E-state index contributed by atoms with van der Waals surface area (Å²) in [6, 6.07) is 6.48. The number of rotatable bonds is 7. The van der Waals surface area contributed by atoms with Gasteiger partial charge in [-0.3, -0.25) is 20.2 Å². The lowest BCUT2D eigenvalue weighted by Gasteiger charge is -2.06. The first-order valence-electron chi connectivity index (χ1n) is 8.93. The number of nitrogens with zero attached hydrogens (tertiary/aromatic N) is 2. The van der Waals surface area contributed by atoms with E-state index in [1.807, 2.05) is 0 Å². The zero-order valence-corrected chi connectivity index (χ0v) is 16.9. The number of hydrogen-bond acceptors (Lipinski definition) is 7. The van der Waals surface area contributed by atoms with Crippen LogP contribution in [-0.4, -0.2) is 28.4 Å². The number of anilines is 1. The highest BCUT2D eigenvalue weighted by Crippen LogP contribution is 2.24. The predicted octanol–water partition coefficient (Wildman–Crippen LogP) is 4.35. The van der Waals surface area contributed by atoms with Crippen molar-refractivity contribution in [3.63, 3.8) is 0 Å². The quantitative estimate of drug-likeness (QED) is 0.327.